The van der Waals surface area contributed by atoms with Crippen LogP contribution in [0.2, 0.25) is 0 Å². The van der Waals surface area contributed by atoms with Crippen molar-refractivity contribution in [1.82, 2.24) is 9.55 Å². The zero-order chi connectivity index (χ0) is 16.8. The van der Waals surface area contributed by atoms with E-state index in [1.54, 1.807) is 4.57 Å². The summed E-state index contributed by atoms with van der Waals surface area (Å²) in [6, 6.07) is 7.41. The van der Waals surface area contributed by atoms with E-state index in [9.17, 15) is 9.59 Å². The molecule has 0 fully saturated rings. The maximum atomic E-state index is 12.7. The minimum absolute atomic E-state index is 0.0252. The number of aryl methyl sites for hydroxylation is 2. The van der Waals surface area contributed by atoms with Crippen LogP contribution in [0.15, 0.2) is 33.5 Å². The van der Waals surface area contributed by atoms with E-state index in [-0.39, 0.29) is 11.5 Å². The second-order valence-electron chi connectivity index (χ2n) is 5.79. The Hall–Kier alpha value is -1.99. The van der Waals surface area contributed by atoms with Gasteiger partial charge in [-0.3, -0.25) is 14.2 Å². The highest BCUT2D eigenvalue weighted by Crippen LogP contribution is 2.29. The predicted molar refractivity (Wildman–Crippen MR) is 99.0 cm³/mol. The topological polar surface area (TPSA) is 64.0 Å². The maximum absolute atomic E-state index is 12.7. The SMILES string of the molecule is Cc1c(C(=O)Nc2cccc(Br)c2)sc2nc3n(c(=O)c12)CCC3. The van der Waals surface area contributed by atoms with Gasteiger partial charge in [-0.1, -0.05) is 22.0 Å². The fraction of sp³-hybridized carbons (Fsp3) is 0.235. The molecular weight excluding hydrogens is 390 g/mol. The van der Waals surface area contributed by atoms with Gasteiger partial charge in [0.1, 0.15) is 10.7 Å². The van der Waals surface area contributed by atoms with Gasteiger partial charge in [0.15, 0.2) is 0 Å². The molecule has 122 valence electrons. The maximum Gasteiger partial charge on any atom is 0.266 e. The van der Waals surface area contributed by atoms with Gasteiger partial charge in [0.05, 0.1) is 10.3 Å². The molecule has 0 saturated heterocycles. The number of anilines is 1. The van der Waals surface area contributed by atoms with Crippen molar-refractivity contribution in [3.05, 3.63) is 55.4 Å². The summed E-state index contributed by atoms with van der Waals surface area (Å²) in [6.07, 6.45) is 1.77. The minimum atomic E-state index is -0.210. The van der Waals surface area contributed by atoms with E-state index in [1.165, 1.54) is 11.3 Å². The lowest BCUT2D eigenvalue weighted by atomic mass is 10.2. The van der Waals surface area contributed by atoms with Gasteiger partial charge in [-0.05, 0) is 37.1 Å². The largest absolute Gasteiger partial charge is 0.321 e. The van der Waals surface area contributed by atoms with Crippen LogP contribution in [0.25, 0.3) is 10.2 Å². The van der Waals surface area contributed by atoms with Crippen molar-refractivity contribution < 1.29 is 4.79 Å². The zero-order valence-electron chi connectivity index (χ0n) is 12.9. The zero-order valence-corrected chi connectivity index (χ0v) is 15.3. The van der Waals surface area contributed by atoms with Gasteiger partial charge in [-0.15, -0.1) is 11.3 Å². The van der Waals surface area contributed by atoms with E-state index in [2.05, 4.69) is 26.2 Å². The highest BCUT2D eigenvalue weighted by atomic mass is 79.9. The van der Waals surface area contributed by atoms with E-state index in [1.807, 2.05) is 31.2 Å². The molecule has 0 aliphatic carbocycles. The average molecular weight is 404 g/mol. The number of thiophene rings is 1. The number of carbonyl (C=O) groups is 1. The number of hydrogen-bond donors (Lipinski definition) is 1. The standard InChI is InChI=1S/C17H14BrN3O2S/c1-9-13-16(20-12-6-3-7-21(12)17(13)23)24-14(9)15(22)19-11-5-2-4-10(18)8-11/h2,4-5,8H,3,6-7H2,1H3,(H,19,22). The molecule has 2 aromatic heterocycles. The van der Waals surface area contributed by atoms with Crippen LogP contribution >= 0.6 is 27.3 Å². The Morgan fingerprint density at radius 2 is 2.25 bits per heavy atom. The molecule has 1 amide bonds. The summed E-state index contributed by atoms with van der Waals surface area (Å²) < 4.78 is 2.63. The number of hydrogen-bond acceptors (Lipinski definition) is 4. The third kappa shape index (κ3) is 2.48. The van der Waals surface area contributed by atoms with Crippen molar-refractivity contribution in [3.8, 4) is 0 Å². The Bertz CT molecular complexity index is 1040. The highest BCUT2D eigenvalue weighted by Gasteiger charge is 2.23. The first kappa shape index (κ1) is 15.5. The molecule has 0 unspecified atom stereocenters. The molecule has 7 heteroatoms. The first-order valence-corrected chi connectivity index (χ1v) is 9.25. The first-order valence-electron chi connectivity index (χ1n) is 7.64. The quantitative estimate of drug-likeness (QED) is 0.708. The lowest BCUT2D eigenvalue weighted by Crippen LogP contribution is -2.20. The molecule has 1 aromatic carbocycles. The molecule has 0 spiro atoms. The molecule has 3 heterocycles. The van der Waals surface area contributed by atoms with Gasteiger partial charge in [-0.25, -0.2) is 4.98 Å². The van der Waals surface area contributed by atoms with Crippen LogP contribution in [0.4, 0.5) is 5.69 Å². The number of rotatable bonds is 2. The van der Waals surface area contributed by atoms with Crippen LogP contribution in [0.5, 0.6) is 0 Å². The van der Waals surface area contributed by atoms with Gasteiger partial charge in [-0.2, -0.15) is 0 Å². The van der Waals surface area contributed by atoms with Gasteiger partial charge in [0, 0.05) is 23.1 Å². The molecule has 3 aromatic rings. The number of nitrogens with zero attached hydrogens (tertiary/aromatic N) is 2. The molecule has 5 nitrogen and oxygen atoms in total. The van der Waals surface area contributed by atoms with E-state index in [0.717, 1.165) is 23.1 Å². The normalized spacial score (nSPS) is 13.2. The number of nitrogens with one attached hydrogen (secondary N) is 1. The summed E-state index contributed by atoms with van der Waals surface area (Å²) >= 11 is 4.68. The third-order valence-corrected chi connectivity index (χ3v) is 5.88. The number of halogens is 1. The van der Waals surface area contributed by atoms with Crippen molar-refractivity contribution in [2.24, 2.45) is 0 Å². The second-order valence-corrected chi connectivity index (χ2v) is 7.70. The minimum Gasteiger partial charge on any atom is -0.321 e. The van der Waals surface area contributed by atoms with Crippen LogP contribution in [-0.4, -0.2) is 15.5 Å². The summed E-state index contributed by atoms with van der Waals surface area (Å²) in [5.74, 6) is 0.617. The summed E-state index contributed by atoms with van der Waals surface area (Å²) in [7, 11) is 0. The summed E-state index contributed by atoms with van der Waals surface area (Å²) in [5.41, 5.74) is 1.39. The van der Waals surface area contributed by atoms with Crippen molar-refractivity contribution in [3.63, 3.8) is 0 Å². The molecule has 4 rings (SSSR count). The van der Waals surface area contributed by atoms with Crippen molar-refractivity contribution in [2.75, 3.05) is 5.32 Å². The summed E-state index contributed by atoms with van der Waals surface area (Å²) in [6.45, 7) is 2.53. The molecule has 0 radical (unpaired) electrons. The lowest BCUT2D eigenvalue weighted by molar-refractivity contribution is 0.103. The van der Waals surface area contributed by atoms with Gasteiger partial charge >= 0.3 is 0 Å². The molecule has 0 bridgehead atoms. The van der Waals surface area contributed by atoms with Crippen molar-refractivity contribution in [2.45, 2.75) is 26.3 Å². The summed E-state index contributed by atoms with van der Waals surface area (Å²) in [5, 5.41) is 3.46. The third-order valence-electron chi connectivity index (χ3n) is 4.20. The molecule has 0 saturated carbocycles. The number of amides is 1. The Balaban J connectivity index is 1.77. The lowest BCUT2D eigenvalue weighted by Gasteiger charge is -2.04. The average Bonchev–Trinajstić information content (AvgIpc) is 3.13. The smallest absolute Gasteiger partial charge is 0.266 e. The van der Waals surface area contributed by atoms with Crippen LogP contribution in [0, 0.1) is 6.92 Å². The molecule has 1 aliphatic heterocycles. The van der Waals surface area contributed by atoms with E-state index >= 15 is 0 Å². The fourth-order valence-corrected chi connectivity index (χ4v) is 4.53. The van der Waals surface area contributed by atoms with Gasteiger partial charge in [0.2, 0.25) is 0 Å². The predicted octanol–water partition coefficient (Wildman–Crippen LogP) is 3.73. The molecule has 1 aliphatic rings. The van der Waals surface area contributed by atoms with E-state index in [4.69, 9.17) is 0 Å². The number of carbonyl (C=O) groups excluding carboxylic acids is 1. The molecule has 24 heavy (non-hydrogen) atoms. The fourth-order valence-electron chi connectivity index (χ4n) is 3.05. The second kappa shape index (κ2) is 5.82. The van der Waals surface area contributed by atoms with Gasteiger partial charge < -0.3 is 5.32 Å². The van der Waals surface area contributed by atoms with Crippen molar-refractivity contribution >= 4 is 49.1 Å². The first-order chi connectivity index (χ1) is 11.5. The Kier molecular flexibility index (Phi) is 3.77. The number of aromatic nitrogens is 2. The van der Waals surface area contributed by atoms with Crippen molar-refractivity contribution in [1.29, 1.82) is 0 Å². The number of fused-ring (bicyclic) bond motifs is 2. The Morgan fingerprint density at radius 3 is 3.04 bits per heavy atom. The van der Waals surface area contributed by atoms with Crippen LogP contribution < -0.4 is 10.9 Å². The molecular formula is C17H14BrN3O2S. The van der Waals surface area contributed by atoms with E-state index < -0.39 is 0 Å². The summed E-state index contributed by atoms with van der Waals surface area (Å²) in [4.78, 5) is 31.1. The monoisotopic (exact) mass is 403 g/mol. The van der Waals surface area contributed by atoms with Gasteiger partial charge in [0.25, 0.3) is 11.5 Å². The van der Waals surface area contributed by atoms with Crippen LogP contribution in [-0.2, 0) is 13.0 Å². The Morgan fingerprint density at radius 1 is 1.42 bits per heavy atom. The van der Waals surface area contributed by atoms with E-state index in [0.29, 0.717) is 32.9 Å². The molecule has 1 N–H and O–H groups in total. The van der Waals surface area contributed by atoms with Crippen LogP contribution in [0.1, 0.15) is 27.5 Å². The number of benzene rings is 1. The Labute approximate surface area is 150 Å². The van der Waals surface area contributed by atoms with Crippen LogP contribution in [0.3, 0.4) is 0 Å². The molecule has 0 atom stereocenters. The highest BCUT2D eigenvalue weighted by molar-refractivity contribution is 9.10.